The van der Waals surface area contributed by atoms with Crippen molar-refractivity contribution >= 4 is 5.78 Å². The van der Waals surface area contributed by atoms with E-state index in [9.17, 15) is 4.79 Å². The van der Waals surface area contributed by atoms with E-state index in [1.807, 2.05) is 0 Å². The van der Waals surface area contributed by atoms with Crippen molar-refractivity contribution in [2.45, 2.75) is 52.4 Å². The third kappa shape index (κ3) is 1.89. The normalized spacial score (nSPS) is 41.1. The van der Waals surface area contributed by atoms with Gasteiger partial charge in [-0.05, 0) is 50.4 Å². The maximum Gasteiger partial charge on any atom is 0.136 e. The fourth-order valence-corrected chi connectivity index (χ4v) is 3.47. The van der Waals surface area contributed by atoms with Gasteiger partial charge >= 0.3 is 0 Å². The van der Waals surface area contributed by atoms with Gasteiger partial charge in [0.1, 0.15) is 5.78 Å². The van der Waals surface area contributed by atoms with Crippen LogP contribution in [0.2, 0.25) is 0 Å². The molecule has 1 unspecified atom stereocenters. The van der Waals surface area contributed by atoms with Gasteiger partial charge in [0.05, 0.1) is 0 Å². The molecule has 0 bridgehead atoms. The lowest BCUT2D eigenvalue weighted by atomic mass is 9.57. The third-order valence-electron chi connectivity index (χ3n) is 4.68. The summed E-state index contributed by atoms with van der Waals surface area (Å²) in [6, 6.07) is 0. The first kappa shape index (κ1) is 10.9. The molecule has 1 heteroatoms. The molecule has 2 aliphatic carbocycles. The van der Waals surface area contributed by atoms with Gasteiger partial charge in [0.25, 0.3) is 0 Å². The smallest absolute Gasteiger partial charge is 0.136 e. The zero-order valence-electron chi connectivity index (χ0n) is 10.0. The fourth-order valence-electron chi connectivity index (χ4n) is 3.47. The lowest BCUT2D eigenvalue weighted by Gasteiger charge is -2.46. The molecule has 15 heavy (non-hydrogen) atoms. The Morgan fingerprint density at radius 3 is 2.87 bits per heavy atom. The first-order valence-electron chi connectivity index (χ1n) is 6.21. The molecule has 2 saturated carbocycles. The maximum atomic E-state index is 12.0. The van der Waals surface area contributed by atoms with Crippen molar-refractivity contribution in [1.29, 1.82) is 0 Å². The van der Waals surface area contributed by atoms with Crippen molar-refractivity contribution in [1.82, 2.24) is 0 Å². The second-order valence-electron chi connectivity index (χ2n) is 5.84. The van der Waals surface area contributed by atoms with Crippen molar-refractivity contribution in [2.75, 3.05) is 0 Å². The highest BCUT2D eigenvalue weighted by atomic mass is 16.1. The fraction of sp³-hybridized carbons (Fsp3) is 0.786. The van der Waals surface area contributed by atoms with E-state index in [4.69, 9.17) is 0 Å². The number of hydrogen-bond acceptors (Lipinski definition) is 1. The SMILES string of the molecule is C=C(C)[C@@H]1CC[C@@]2(C)CCCC(=O)C2C1. The van der Waals surface area contributed by atoms with Gasteiger partial charge in [0, 0.05) is 12.3 Å². The molecule has 0 radical (unpaired) electrons. The van der Waals surface area contributed by atoms with Crippen LogP contribution >= 0.6 is 0 Å². The van der Waals surface area contributed by atoms with Crippen molar-refractivity contribution in [3.63, 3.8) is 0 Å². The van der Waals surface area contributed by atoms with Gasteiger partial charge in [-0.2, -0.15) is 0 Å². The Hall–Kier alpha value is -0.590. The highest BCUT2D eigenvalue weighted by Gasteiger charge is 2.45. The van der Waals surface area contributed by atoms with Crippen LogP contribution in [0.3, 0.4) is 0 Å². The van der Waals surface area contributed by atoms with E-state index in [-0.39, 0.29) is 0 Å². The van der Waals surface area contributed by atoms with Gasteiger partial charge in [0.15, 0.2) is 0 Å². The molecule has 2 aliphatic rings. The molecule has 0 spiro atoms. The summed E-state index contributed by atoms with van der Waals surface area (Å²) in [6.07, 6.45) is 6.74. The van der Waals surface area contributed by atoms with Crippen molar-refractivity contribution in [2.24, 2.45) is 17.3 Å². The second-order valence-corrected chi connectivity index (χ2v) is 5.84. The molecular formula is C14H22O. The molecule has 3 atom stereocenters. The first-order chi connectivity index (χ1) is 7.03. The number of fused-ring (bicyclic) bond motifs is 1. The monoisotopic (exact) mass is 206 g/mol. The van der Waals surface area contributed by atoms with Crippen LogP contribution in [0.1, 0.15) is 52.4 Å². The van der Waals surface area contributed by atoms with E-state index in [1.165, 1.54) is 24.8 Å². The quantitative estimate of drug-likeness (QED) is 0.597. The molecule has 2 fully saturated rings. The van der Waals surface area contributed by atoms with E-state index >= 15 is 0 Å². The number of carbonyl (C=O) groups is 1. The van der Waals surface area contributed by atoms with Gasteiger partial charge in [-0.15, -0.1) is 0 Å². The minimum Gasteiger partial charge on any atom is -0.299 e. The minimum atomic E-state index is 0.321. The highest BCUT2D eigenvalue weighted by Crippen LogP contribution is 2.51. The predicted molar refractivity (Wildman–Crippen MR) is 62.6 cm³/mol. The minimum absolute atomic E-state index is 0.321. The lowest BCUT2D eigenvalue weighted by molar-refractivity contribution is -0.133. The van der Waals surface area contributed by atoms with Crippen LogP contribution in [-0.2, 0) is 4.79 Å². The Kier molecular flexibility index (Phi) is 2.74. The Balaban J connectivity index is 2.16. The van der Waals surface area contributed by atoms with Gasteiger partial charge in [-0.25, -0.2) is 0 Å². The Morgan fingerprint density at radius 1 is 1.47 bits per heavy atom. The zero-order valence-corrected chi connectivity index (χ0v) is 10.0. The zero-order chi connectivity index (χ0) is 11.1. The van der Waals surface area contributed by atoms with Crippen molar-refractivity contribution < 1.29 is 4.79 Å². The molecule has 0 aromatic rings. The number of rotatable bonds is 1. The van der Waals surface area contributed by atoms with Crippen molar-refractivity contribution in [3.05, 3.63) is 12.2 Å². The maximum absolute atomic E-state index is 12.0. The molecule has 1 nitrogen and oxygen atoms in total. The molecule has 0 aliphatic heterocycles. The summed E-state index contributed by atoms with van der Waals surface area (Å²) in [4.78, 5) is 12.0. The largest absolute Gasteiger partial charge is 0.299 e. The average molecular weight is 206 g/mol. The highest BCUT2D eigenvalue weighted by molar-refractivity contribution is 5.82. The van der Waals surface area contributed by atoms with E-state index in [2.05, 4.69) is 20.4 Å². The number of ketones is 1. The summed E-state index contributed by atoms with van der Waals surface area (Å²) in [5, 5.41) is 0. The van der Waals surface area contributed by atoms with E-state index in [1.54, 1.807) is 0 Å². The summed E-state index contributed by atoms with van der Waals surface area (Å²) >= 11 is 0. The Labute approximate surface area is 92.9 Å². The molecule has 0 saturated heterocycles. The standard InChI is InChI=1S/C14H22O/c1-10(2)11-6-8-14(3)7-4-5-13(15)12(14)9-11/h11-12H,1,4-9H2,2-3H3/t11-,12?,14-/m1/s1. The van der Waals surface area contributed by atoms with Crippen LogP contribution in [-0.4, -0.2) is 5.78 Å². The topological polar surface area (TPSA) is 17.1 Å². The molecule has 84 valence electrons. The summed E-state index contributed by atoms with van der Waals surface area (Å²) in [7, 11) is 0. The van der Waals surface area contributed by atoms with Gasteiger partial charge < -0.3 is 0 Å². The van der Waals surface area contributed by atoms with Gasteiger partial charge in [-0.1, -0.05) is 19.1 Å². The summed E-state index contributed by atoms with van der Waals surface area (Å²) in [5.41, 5.74) is 1.59. The third-order valence-corrected chi connectivity index (χ3v) is 4.68. The molecule has 0 heterocycles. The Morgan fingerprint density at radius 2 is 2.20 bits per heavy atom. The molecule has 0 amide bonds. The van der Waals surface area contributed by atoms with Crippen LogP contribution in [0.25, 0.3) is 0 Å². The Bertz CT molecular complexity index is 292. The number of hydrogen-bond donors (Lipinski definition) is 0. The number of carbonyl (C=O) groups excluding carboxylic acids is 1. The average Bonchev–Trinajstić information content (AvgIpc) is 2.17. The van der Waals surface area contributed by atoms with Crippen LogP contribution in [0, 0.1) is 17.3 Å². The second kappa shape index (κ2) is 3.77. The van der Waals surface area contributed by atoms with E-state index in [0.717, 1.165) is 19.3 Å². The lowest BCUT2D eigenvalue weighted by Crippen LogP contribution is -2.42. The molecule has 0 aromatic heterocycles. The molecule has 2 rings (SSSR count). The van der Waals surface area contributed by atoms with Gasteiger partial charge in [-0.3, -0.25) is 4.79 Å². The van der Waals surface area contributed by atoms with E-state index in [0.29, 0.717) is 23.0 Å². The van der Waals surface area contributed by atoms with Crippen LogP contribution < -0.4 is 0 Å². The van der Waals surface area contributed by atoms with Crippen LogP contribution in [0.5, 0.6) is 0 Å². The molecule has 0 N–H and O–H groups in total. The van der Waals surface area contributed by atoms with Crippen molar-refractivity contribution in [3.8, 4) is 0 Å². The first-order valence-corrected chi connectivity index (χ1v) is 6.21. The predicted octanol–water partition coefficient (Wildman–Crippen LogP) is 3.74. The molecular weight excluding hydrogens is 184 g/mol. The summed E-state index contributed by atoms with van der Waals surface area (Å²) in [5.74, 6) is 1.46. The summed E-state index contributed by atoms with van der Waals surface area (Å²) < 4.78 is 0. The van der Waals surface area contributed by atoms with Crippen LogP contribution in [0.15, 0.2) is 12.2 Å². The van der Waals surface area contributed by atoms with Gasteiger partial charge in [0.2, 0.25) is 0 Å². The van der Waals surface area contributed by atoms with E-state index < -0.39 is 0 Å². The molecule has 0 aromatic carbocycles. The number of Topliss-reactive ketones (excluding diaryl/α,β-unsaturated/α-hetero) is 1. The summed E-state index contributed by atoms with van der Waals surface area (Å²) in [6.45, 7) is 8.49. The number of allylic oxidation sites excluding steroid dienone is 1. The van der Waals surface area contributed by atoms with Crippen LogP contribution in [0.4, 0.5) is 0 Å².